The number of rotatable bonds is 7. The van der Waals surface area contributed by atoms with Crippen molar-refractivity contribution in [3.63, 3.8) is 0 Å². The molecule has 0 amide bonds. The number of esters is 1. The van der Waals surface area contributed by atoms with Gasteiger partial charge in [0.25, 0.3) is 0 Å². The van der Waals surface area contributed by atoms with Gasteiger partial charge in [0.05, 0.1) is 17.2 Å². The summed E-state index contributed by atoms with van der Waals surface area (Å²) >= 11 is 18.3. The van der Waals surface area contributed by atoms with Crippen molar-refractivity contribution in [2.24, 2.45) is 0 Å². The van der Waals surface area contributed by atoms with E-state index in [-0.39, 0.29) is 23.8 Å². The SMILES string of the molecule is C#CCOC(=O)c1cc(Cl)c(OCc2ccc(Cl)cc2Cl)c(OCC)c1. The molecule has 0 aliphatic heterocycles. The molecule has 0 N–H and O–H groups in total. The Balaban J connectivity index is 2.26. The van der Waals surface area contributed by atoms with E-state index in [2.05, 4.69) is 5.92 Å². The molecular weight excluding hydrogens is 399 g/mol. The highest BCUT2D eigenvalue weighted by Gasteiger charge is 2.17. The van der Waals surface area contributed by atoms with Crippen LogP contribution < -0.4 is 9.47 Å². The number of terminal acetylenes is 1. The lowest BCUT2D eigenvalue weighted by molar-refractivity contribution is 0.0556. The van der Waals surface area contributed by atoms with Gasteiger partial charge < -0.3 is 14.2 Å². The standard InChI is InChI=1S/C19H15Cl3O4/c1-3-7-25-19(23)13-8-16(22)18(17(9-13)24-4-2)26-11-12-5-6-14(20)10-15(12)21/h1,5-6,8-10H,4,7,11H2,2H3. The maximum atomic E-state index is 12.0. The van der Waals surface area contributed by atoms with Gasteiger partial charge in [0.1, 0.15) is 6.61 Å². The van der Waals surface area contributed by atoms with Crippen molar-refractivity contribution in [3.8, 4) is 23.8 Å². The second-order valence-corrected chi connectivity index (χ2v) is 6.27. The molecule has 0 heterocycles. The molecule has 0 atom stereocenters. The van der Waals surface area contributed by atoms with E-state index < -0.39 is 5.97 Å². The van der Waals surface area contributed by atoms with Gasteiger partial charge in [-0.05, 0) is 31.2 Å². The van der Waals surface area contributed by atoms with Gasteiger partial charge in [-0.1, -0.05) is 46.8 Å². The molecule has 0 aromatic heterocycles. The Morgan fingerprint density at radius 3 is 2.54 bits per heavy atom. The first kappa shape index (κ1) is 20.3. The van der Waals surface area contributed by atoms with E-state index in [0.717, 1.165) is 5.56 Å². The van der Waals surface area contributed by atoms with Crippen LogP contribution in [0.1, 0.15) is 22.8 Å². The molecule has 0 unspecified atom stereocenters. The molecule has 2 aromatic carbocycles. The normalized spacial score (nSPS) is 10.1. The summed E-state index contributed by atoms with van der Waals surface area (Å²) in [6.07, 6.45) is 5.09. The lowest BCUT2D eigenvalue weighted by atomic mass is 10.2. The lowest BCUT2D eigenvalue weighted by Gasteiger charge is -2.15. The fourth-order valence-electron chi connectivity index (χ4n) is 2.07. The number of ether oxygens (including phenoxy) is 3. The largest absolute Gasteiger partial charge is 0.490 e. The highest BCUT2D eigenvalue weighted by Crippen LogP contribution is 2.38. The number of benzene rings is 2. The van der Waals surface area contributed by atoms with E-state index >= 15 is 0 Å². The zero-order valence-electron chi connectivity index (χ0n) is 13.9. The number of halogens is 3. The molecule has 26 heavy (non-hydrogen) atoms. The van der Waals surface area contributed by atoms with Gasteiger partial charge in [-0.15, -0.1) is 6.42 Å². The third kappa shape index (κ3) is 5.22. The molecule has 0 radical (unpaired) electrons. The summed E-state index contributed by atoms with van der Waals surface area (Å²) in [5, 5.41) is 1.20. The van der Waals surface area contributed by atoms with Gasteiger partial charge in [0, 0.05) is 15.6 Å². The van der Waals surface area contributed by atoms with Gasteiger partial charge in [0.2, 0.25) is 0 Å². The zero-order chi connectivity index (χ0) is 19.1. The van der Waals surface area contributed by atoms with Crippen LogP contribution in [0.4, 0.5) is 0 Å². The molecule has 4 nitrogen and oxygen atoms in total. The Morgan fingerprint density at radius 2 is 1.88 bits per heavy atom. The maximum absolute atomic E-state index is 12.0. The van der Waals surface area contributed by atoms with Crippen molar-refractivity contribution in [3.05, 3.63) is 56.5 Å². The van der Waals surface area contributed by atoms with Gasteiger partial charge in [-0.2, -0.15) is 0 Å². The monoisotopic (exact) mass is 412 g/mol. The summed E-state index contributed by atoms with van der Waals surface area (Å²) in [5.41, 5.74) is 0.942. The van der Waals surface area contributed by atoms with Crippen LogP contribution in [0.3, 0.4) is 0 Å². The van der Waals surface area contributed by atoms with Crippen LogP contribution >= 0.6 is 34.8 Å². The molecule has 0 bridgehead atoms. The van der Waals surface area contributed by atoms with E-state index in [1.54, 1.807) is 25.1 Å². The van der Waals surface area contributed by atoms with Crippen molar-refractivity contribution < 1.29 is 19.0 Å². The number of carbonyl (C=O) groups excluding carboxylic acids is 1. The van der Waals surface area contributed by atoms with Crippen molar-refractivity contribution in [2.75, 3.05) is 13.2 Å². The summed E-state index contributed by atoms with van der Waals surface area (Å²) in [6.45, 7) is 2.18. The van der Waals surface area contributed by atoms with Crippen LogP contribution in [0.5, 0.6) is 11.5 Å². The average molecular weight is 414 g/mol. The molecule has 0 fully saturated rings. The molecule has 7 heteroatoms. The van der Waals surface area contributed by atoms with Crippen LogP contribution in [0, 0.1) is 12.3 Å². The van der Waals surface area contributed by atoms with Crippen LogP contribution in [0.25, 0.3) is 0 Å². The van der Waals surface area contributed by atoms with Crippen molar-refractivity contribution >= 4 is 40.8 Å². The van der Waals surface area contributed by atoms with Crippen LogP contribution in [-0.4, -0.2) is 19.2 Å². The highest BCUT2D eigenvalue weighted by atomic mass is 35.5. The molecular formula is C19H15Cl3O4. The molecule has 0 saturated carbocycles. The predicted molar refractivity (Wildman–Crippen MR) is 103 cm³/mol. The third-order valence-corrected chi connectivity index (χ3v) is 4.09. The number of carbonyl (C=O) groups is 1. The fraction of sp³-hybridized carbons (Fsp3) is 0.211. The summed E-state index contributed by atoms with van der Waals surface area (Å²) in [7, 11) is 0. The van der Waals surface area contributed by atoms with E-state index in [0.29, 0.717) is 28.2 Å². The summed E-state index contributed by atoms with van der Waals surface area (Å²) in [5.74, 6) is 2.25. The Kier molecular flexibility index (Phi) is 7.47. The molecule has 2 rings (SSSR count). The molecule has 0 aliphatic carbocycles. The second kappa shape index (κ2) is 9.59. The Bertz CT molecular complexity index is 843. The van der Waals surface area contributed by atoms with Crippen molar-refractivity contribution in [1.29, 1.82) is 0 Å². The second-order valence-electron chi connectivity index (χ2n) is 5.02. The summed E-state index contributed by atoms with van der Waals surface area (Å²) in [6, 6.07) is 8.01. The maximum Gasteiger partial charge on any atom is 0.339 e. The van der Waals surface area contributed by atoms with Gasteiger partial charge in [-0.25, -0.2) is 4.79 Å². The van der Waals surface area contributed by atoms with Gasteiger partial charge in [-0.3, -0.25) is 0 Å². The van der Waals surface area contributed by atoms with Gasteiger partial charge in [0.15, 0.2) is 18.1 Å². The Labute approximate surface area is 166 Å². The molecule has 136 valence electrons. The van der Waals surface area contributed by atoms with Gasteiger partial charge >= 0.3 is 5.97 Å². The zero-order valence-corrected chi connectivity index (χ0v) is 16.1. The third-order valence-electron chi connectivity index (χ3n) is 3.22. The minimum Gasteiger partial charge on any atom is -0.490 e. The van der Waals surface area contributed by atoms with E-state index in [1.807, 2.05) is 0 Å². The van der Waals surface area contributed by atoms with Crippen LogP contribution in [-0.2, 0) is 11.3 Å². The topological polar surface area (TPSA) is 44.8 Å². The number of hydrogen-bond acceptors (Lipinski definition) is 4. The average Bonchev–Trinajstić information content (AvgIpc) is 2.60. The van der Waals surface area contributed by atoms with Crippen LogP contribution in [0.15, 0.2) is 30.3 Å². The van der Waals surface area contributed by atoms with E-state index in [9.17, 15) is 4.79 Å². The van der Waals surface area contributed by atoms with Crippen molar-refractivity contribution in [1.82, 2.24) is 0 Å². The quantitative estimate of drug-likeness (QED) is 0.449. The van der Waals surface area contributed by atoms with E-state index in [1.165, 1.54) is 12.1 Å². The molecule has 0 saturated heterocycles. The first-order chi connectivity index (χ1) is 12.5. The molecule has 0 aliphatic rings. The minimum atomic E-state index is -0.599. The summed E-state index contributed by atoms with van der Waals surface area (Å²) < 4.78 is 16.2. The van der Waals surface area contributed by atoms with Crippen LogP contribution in [0.2, 0.25) is 15.1 Å². The molecule has 2 aromatic rings. The highest BCUT2D eigenvalue weighted by molar-refractivity contribution is 6.35. The predicted octanol–water partition coefficient (Wildman–Crippen LogP) is 5.41. The molecule has 0 spiro atoms. The fourth-order valence-corrected chi connectivity index (χ4v) is 2.80. The number of hydrogen-bond donors (Lipinski definition) is 0. The smallest absolute Gasteiger partial charge is 0.339 e. The summed E-state index contributed by atoms with van der Waals surface area (Å²) in [4.78, 5) is 12.0. The lowest BCUT2D eigenvalue weighted by Crippen LogP contribution is -2.07. The minimum absolute atomic E-state index is 0.131. The Hall–Kier alpha value is -2.06. The first-order valence-corrected chi connectivity index (χ1v) is 8.73. The van der Waals surface area contributed by atoms with E-state index in [4.69, 9.17) is 55.4 Å². The Morgan fingerprint density at radius 1 is 1.12 bits per heavy atom. The van der Waals surface area contributed by atoms with Crippen molar-refractivity contribution in [2.45, 2.75) is 13.5 Å². The first-order valence-electron chi connectivity index (χ1n) is 7.60.